The number of methoxy groups -OCH3 is 1. The zero-order valence-electron chi connectivity index (χ0n) is 7.73. The fourth-order valence-electron chi connectivity index (χ4n) is 1.58. The van der Waals surface area contributed by atoms with Crippen LogP contribution in [0.25, 0.3) is 5.57 Å². The fourth-order valence-corrected chi connectivity index (χ4v) is 1.58. The second-order valence-electron chi connectivity index (χ2n) is 3.11. The van der Waals surface area contributed by atoms with Gasteiger partial charge in [0.1, 0.15) is 6.10 Å². The molecule has 1 aliphatic rings. The van der Waals surface area contributed by atoms with E-state index in [0.717, 1.165) is 11.1 Å². The van der Waals surface area contributed by atoms with E-state index in [1.54, 1.807) is 0 Å². The quantitative estimate of drug-likeness (QED) is 0.536. The number of aliphatic hydroxyl groups is 1. The van der Waals surface area contributed by atoms with Gasteiger partial charge in [0.2, 0.25) is 0 Å². The van der Waals surface area contributed by atoms with Crippen LogP contribution < -0.4 is 0 Å². The maximum Gasteiger partial charge on any atom is 0.330 e. The standard InChI is InChI=1S/C11H10O3/c1-14-10(12)6-9-7-4-2-3-5-8(7)11(9)13/h2-6,11,13H,1H3/b9-6+. The van der Waals surface area contributed by atoms with Crippen molar-refractivity contribution in [2.75, 3.05) is 7.11 Å². The predicted octanol–water partition coefficient (Wildman–Crippen LogP) is 1.29. The van der Waals surface area contributed by atoms with Crippen LogP contribution in [-0.4, -0.2) is 18.2 Å². The van der Waals surface area contributed by atoms with E-state index in [4.69, 9.17) is 0 Å². The van der Waals surface area contributed by atoms with Crippen LogP contribution in [0.5, 0.6) is 0 Å². The average Bonchev–Trinajstić information content (AvgIpc) is 2.25. The Bertz CT molecular complexity index is 407. The van der Waals surface area contributed by atoms with E-state index < -0.39 is 12.1 Å². The number of fused-ring (bicyclic) bond motifs is 1. The number of ether oxygens (including phenoxy) is 1. The molecule has 3 nitrogen and oxygen atoms in total. The molecule has 14 heavy (non-hydrogen) atoms. The van der Waals surface area contributed by atoms with E-state index >= 15 is 0 Å². The highest BCUT2D eigenvalue weighted by Gasteiger charge is 2.30. The Morgan fingerprint density at radius 2 is 2.21 bits per heavy atom. The van der Waals surface area contributed by atoms with Crippen molar-refractivity contribution < 1.29 is 14.6 Å². The fraction of sp³-hybridized carbons (Fsp3) is 0.182. The van der Waals surface area contributed by atoms with Crippen molar-refractivity contribution in [3.8, 4) is 0 Å². The maximum atomic E-state index is 11.0. The topological polar surface area (TPSA) is 46.5 Å². The summed E-state index contributed by atoms with van der Waals surface area (Å²) in [6.07, 6.45) is 0.679. The first-order valence-electron chi connectivity index (χ1n) is 4.31. The molecule has 1 N–H and O–H groups in total. The molecular weight excluding hydrogens is 180 g/mol. The summed E-state index contributed by atoms with van der Waals surface area (Å²) in [5, 5.41) is 9.63. The summed E-state index contributed by atoms with van der Waals surface area (Å²) in [4.78, 5) is 11.0. The molecule has 0 saturated heterocycles. The summed E-state index contributed by atoms with van der Waals surface area (Å²) >= 11 is 0. The van der Waals surface area contributed by atoms with Crippen LogP contribution in [-0.2, 0) is 9.53 Å². The van der Waals surface area contributed by atoms with Crippen molar-refractivity contribution in [2.24, 2.45) is 0 Å². The lowest BCUT2D eigenvalue weighted by molar-refractivity contribution is -0.134. The predicted molar refractivity (Wildman–Crippen MR) is 51.4 cm³/mol. The van der Waals surface area contributed by atoms with Crippen molar-refractivity contribution >= 4 is 11.5 Å². The van der Waals surface area contributed by atoms with Crippen LogP contribution >= 0.6 is 0 Å². The minimum atomic E-state index is -0.648. The number of rotatable bonds is 1. The Kier molecular flexibility index (Phi) is 2.09. The van der Waals surface area contributed by atoms with Gasteiger partial charge in [-0.15, -0.1) is 0 Å². The Hall–Kier alpha value is -1.61. The molecule has 1 unspecified atom stereocenters. The molecule has 1 aromatic rings. The van der Waals surface area contributed by atoms with E-state index in [1.807, 2.05) is 24.3 Å². The van der Waals surface area contributed by atoms with Gasteiger partial charge in [0.05, 0.1) is 7.11 Å². The van der Waals surface area contributed by atoms with Crippen LogP contribution in [0.1, 0.15) is 17.2 Å². The molecule has 72 valence electrons. The van der Waals surface area contributed by atoms with Crippen LogP contribution in [0, 0.1) is 0 Å². The minimum absolute atomic E-state index is 0.437. The summed E-state index contributed by atoms with van der Waals surface area (Å²) in [7, 11) is 1.32. The number of aliphatic hydroxyl groups excluding tert-OH is 1. The summed E-state index contributed by atoms with van der Waals surface area (Å²) in [6.45, 7) is 0. The van der Waals surface area contributed by atoms with Crippen LogP contribution in [0.15, 0.2) is 30.3 Å². The molecule has 0 saturated carbocycles. The number of hydrogen-bond donors (Lipinski definition) is 1. The first-order chi connectivity index (χ1) is 6.74. The number of hydrogen-bond acceptors (Lipinski definition) is 3. The summed E-state index contributed by atoms with van der Waals surface area (Å²) < 4.78 is 4.49. The van der Waals surface area contributed by atoms with Gasteiger partial charge < -0.3 is 9.84 Å². The normalized spacial score (nSPS) is 21.3. The molecule has 0 spiro atoms. The van der Waals surface area contributed by atoms with Crippen molar-refractivity contribution in [3.05, 3.63) is 41.5 Å². The van der Waals surface area contributed by atoms with Gasteiger partial charge in [0, 0.05) is 6.08 Å². The lowest BCUT2D eigenvalue weighted by Crippen LogP contribution is -2.16. The molecule has 1 aliphatic carbocycles. The monoisotopic (exact) mass is 190 g/mol. The third kappa shape index (κ3) is 1.22. The highest BCUT2D eigenvalue weighted by atomic mass is 16.5. The van der Waals surface area contributed by atoms with E-state index in [1.165, 1.54) is 13.2 Å². The second-order valence-corrected chi connectivity index (χ2v) is 3.11. The van der Waals surface area contributed by atoms with Gasteiger partial charge in [0.25, 0.3) is 0 Å². The number of benzene rings is 1. The van der Waals surface area contributed by atoms with Crippen LogP contribution in [0.2, 0.25) is 0 Å². The van der Waals surface area contributed by atoms with E-state index in [0.29, 0.717) is 5.57 Å². The van der Waals surface area contributed by atoms with Gasteiger partial charge in [-0.25, -0.2) is 4.79 Å². The summed E-state index contributed by atoms with van der Waals surface area (Å²) in [6, 6.07) is 7.44. The molecular formula is C11H10O3. The number of carbonyl (C=O) groups is 1. The Morgan fingerprint density at radius 1 is 1.50 bits per heavy atom. The Balaban J connectivity index is 2.36. The molecule has 1 aromatic carbocycles. The zero-order chi connectivity index (χ0) is 10.1. The third-order valence-electron chi connectivity index (χ3n) is 2.34. The largest absolute Gasteiger partial charge is 0.466 e. The molecule has 3 heteroatoms. The molecule has 0 radical (unpaired) electrons. The molecule has 0 aliphatic heterocycles. The Labute approximate surface area is 81.6 Å². The van der Waals surface area contributed by atoms with Crippen molar-refractivity contribution in [1.82, 2.24) is 0 Å². The molecule has 0 fully saturated rings. The lowest BCUT2D eigenvalue weighted by Gasteiger charge is -2.28. The van der Waals surface area contributed by atoms with Crippen LogP contribution in [0.3, 0.4) is 0 Å². The van der Waals surface area contributed by atoms with Gasteiger partial charge >= 0.3 is 5.97 Å². The van der Waals surface area contributed by atoms with Crippen LogP contribution in [0.4, 0.5) is 0 Å². The highest BCUT2D eigenvalue weighted by Crippen LogP contribution is 2.43. The first-order valence-corrected chi connectivity index (χ1v) is 4.31. The lowest BCUT2D eigenvalue weighted by atomic mass is 9.80. The zero-order valence-corrected chi connectivity index (χ0v) is 7.73. The SMILES string of the molecule is COC(=O)/C=C1\c2ccccc2C1O. The second kappa shape index (κ2) is 3.27. The van der Waals surface area contributed by atoms with Gasteiger partial charge in [-0.05, 0) is 16.7 Å². The van der Waals surface area contributed by atoms with E-state index in [9.17, 15) is 9.90 Å². The van der Waals surface area contributed by atoms with E-state index in [-0.39, 0.29) is 0 Å². The molecule has 1 atom stereocenters. The molecule has 0 aromatic heterocycles. The van der Waals surface area contributed by atoms with Gasteiger partial charge in [-0.1, -0.05) is 24.3 Å². The first kappa shape index (κ1) is 8.97. The molecule has 0 bridgehead atoms. The highest BCUT2D eigenvalue weighted by molar-refractivity contribution is 5.96. The summed E-state index contributed by atoms with van der Waals surface area (Å²) in [5.74, 6) is -0.437. The molecule has 2 rings (SSSR count). The number of carbonyl (C=O) groups excluding carboxylic acids is 1. The molecule has 0 amide bonds. The van der Waals surface area contributed by atoms with Crippen molar-refractivity contribution in [2.45, 2.75) is 6.10 Å². The van der Waals surface area contributed by atoms with Crippen molar-refractivity contribution in [3.63, 3.8) is 0 Å². The third-order valence-corrected chi connectivity index (χ3v) is 2.34. The van der Waals surface area contributed by atoms with Gasteiger partial charge in [-0.3, -0.25) is 0 Å². The Morgan fingerprint density at radius 3 is 2.93 bits per heavy atom. The van der Waals surface area contributed by atoms with Gasteiger partial charge in [-0.2, -0.15) is 0 Å². The number of esters is 1. The minimum Gasteiger partial charge on any atom is -0.466 e. The van der Waals surface area contributed by atoms with Crippen molar-refractivity contribution in [1.29, 1.82) is 0 Å². The summed E-state index contributed by atoms with van der Waals surface area (Å²) in [5.41, 5.74) is 2.42. The smallest absolute Gasteiger partial charge is 0.330 e. The van der Waals surface area contributed by atoms with Gasteiger partial charge in [0.15, 0.2) is 0 Å². The van der Waals surface area contributed by atoms with E-state index in [2.05, 4.69) is 4.74 Å². The maximum absolute atomic E-state index is 11.0. The molecule has 0 heterocycles. The average molecular weight is 190 g/mol.